The van der Waals surface area contributed by atoms with Crippen molar-refractivity contribution in [2.24, 2.45) is 5.73 Å². The normalized spacial score (nSPS) is 19.7. The van der Waals surface area contributed by atoms with Gasteiger partial charge in [0, 0.05) is 24.7 Å². The molecule has 4 N–H and O–H groups in total. The predicted octanol–water partition coefficient (Wildman–Crippen LogP) is 0.576. The van der Waals surface area contributed by atoms with E-state index in [2.05, 4.69) is 10.6 Å². The average Bonchev–Trinajstić information content (AvgIpc) is 2.37. The summed E-state index contributed by atoms with van der Waals surface area (Å²) < 4.78 is 0. The molecule has 96 valence electrons. The van der Waals surface area contributed by atoms with Gasteiger partial charge in [0.05, 0.1) is 5.92 Å². The quantitative estimate of drug-likeness (QED) is 0.730. The minimum absolute atomic E-state index is 0.0883. The van der Waals surface area contributed by atoms with E-state index in [1.165, 1.54) is 0 Å². The molecule has 18 heavy (non-hydrogen) atoms. The SMILES string of the molecule is C[C@@H](CN)NC(=O)C1CC(=O)Nc2ccccc21. The summed E-state index contributed by atoms with van der Waals surface area (Å²) in [7, 11) is 0. The molecule has 2 rings (SSSR count). The first kappa shape index (κ1) is 12.6. The van der Waals surface area contributed by atoms with E-state index >= 15 is 0 Å². The monoisotopic (exact) mass is 247 g/mol. The highest BCUT2D eigenvalue weighted by Crippen LogP contribution is 2.31. The van der Waals surface area contributed by atoms with Crippen LogP contribution in [-0.4, -0.2) is 24.4 Å². The highest BCUT2D eigenvalue weighted by Gasteiger charge is 2.30. The van der Waals surface area contributed by atoms with Gasteiger partial charge in [-0.05, 0) is 18.6 Å². The maximum absolute atomic E-state index is 12.1. The van der Waals surface area contributed by atoms with Crippen molar-refractivity contribution in [2.45, 2.75) is 25.3 Å². The van der Waals surface area contributed by atoms with Crippen LogP contribution in [0.1, 0.15) is 24.8 Å². The fourth-order valence-electron chi connectivity index (χ4n) is 2.05. The minimum atomic E-state index is -0.427. The van der Waals surface area contributed by atoms with Crippen molar-refractivity contribution in [3.63, 3.8) is 0 Å². The number of nitrogens with two attached hydrogens (primary N) is 1. The van der Waals surface area contributed by atoms with Gasteiger partial charge in [0.25, 0.3) is 0 Å². The van der Waals surface area contributed by atoms with Crippen LogP contribution in [0.4, 0.5) is 5.69 Å². The lowest BCUT2D eigenvalue weighted by Crippen LogP contribution is -2.42. The summed E-state index contributed by atoms with van der Waals surface area (Å²) in [5.41, 5.74) is 7.05. The van der Waals surface area contributed by atoms with Crippen molar-refractivity contribution in [3.8, 4) is 0 Å². The lowest BCUT2D eigenvalue weighted by atomic mass is 9.89. The predicted molar refractivity (Wildman–Crippen MR) is 69.1 cm³/mol. The molecule has 0 saturated carbocycles. The Morgan fingerprint density at radius 2 is 2.28 bits per heavy atom. The number of para-hydroxylation sites is 1. The topological polar surface area (TPSA) is 84.2 Å². The van der Waals surface area contributed by atoms with Crippen LogP contribution in [0.2, 0.25) is 0 Å². The fraction of sp³-hybridized carbons (Fsp3) is 0.385. The molecule has 5 nitrogen and oxygen atoms in total. The molecule has 2 amide bonds. The minimum Gasteiger partial charge on any atom is -0.352 e. The van der Waals surface area contributed by atoms with E-state index in [9.17, 15) is 9.59 Å². The van der Waals surface area contributed by atoms with Gasteiger partial charge in [-0.1, -0.05) is 18.2 Å². The smallest absolute Gasteiger partial charge is 0.228 e. The molecule has 0 aromatic heterocycles. The Morgan fingerprint density at radius 1 is 1.56 bits per heavy atom. The van der Waals surface area contributed by atoms with E-state index in [-0.39, 0.29) is 24.3 Å². The summed E-state index contributed by atoms with van der Waals surface area (Å²) >= 11 is 0. The summed E-state index contributed by atoms with van der Waals surface area (Å²) in [5, 5.41) is 5.59. The van der Waals surface area contributed by atoms with Crippen molar-refractivity contribution >= 4 is 17.5 Å². The summed E-state index contributed by atoms with van der Waals surface area (Å²) in [6.45, 7) is 2.22. The Balaban J connectivity index is 2.23. The van der Waals surface area contributed by atoms with Crippen LogP contribution in [0.3, 0.4) is 0 Å². The molecule has 0 aliphatic carbocycles. The van der Waals surface area contributed by atoms with Crippen molar-refractivity contribution in [1.82, 2.24) is 5.32 Å². The van der Waals surface area contributed by atoms with Crippen molar-refractivity contribution in [3.05, 3.63) is 29.8 Å². The van der Waals surface area contributed by atoms with Crippen LogP contribution in [0, 0.1) is 0 Å². The first-order valence-electron chi connectivity index (χ1n) is 6.01. The molecule has 1 aromatic carbocycles. The molecule has 1 aliphatic rings. The zero-order valence-electron chi connectivity index (χ0n) is 10.3. The number of anilines is 1. The van der Waals surface area contributed by atoms with Gasteiger partial charge in [-0.3, -0.25) is 9.59 Å². The standard InChI is InChI=1S/C13H17N3O2/c1-8(7-14)15-13(18)10-6-12(17)16-11-5-3-2-4-9(10)11/h2-5,8,10H,6-7,14H2,1H3,(H,15,18)(H,16,17)/t8-,10?/m0/s1. The number of benzene rings is 1. The van der Waals surface area contributed by atoms with Gasteiger partial charge in [-0.2, -0.15) is 0 Å². The molecular formula is C13H17N3O2. The van der Waals surface area contributed by atoms with Crippen LogP contribution in [0.5, 0.6) is 0 Å². The van der Waals surface area contributed by atoms with Gasteiger partial charge in [0.2, 0.25) is 11.8 Å². The van der Waals surface area contributed by atoms with Crippen LogP contribution in [0.25, 0.3) is 0 Å². The van der Waals surface area contributed by atoms with Crippen LogP contribution in [0.15, 0.2) is 24.3 Å². The third-order valence-electron chi connectivity index (χ3n) is 3.06. The number of fused-ring (bicyclic) bond motifs is 1. The Bertz CT molecular complexity index is 473. The van der Waals surface area contributed by atoms with Gasteiger partial charge in [0.15, 0.2) is 0 Å². The largest absolute Gasteiger partial charge is 0.352 e. The van der Waals surface area contributed by atoms with Gasteiger partial charge >= 0.3 is 0 Å². The summed E-state index contributed by atoms with van der Waals surface area (Å²) in [4.78, 5) is 23.7. The zero-order chi connectivity index (χ0) is 13.1. The molecule has 0 saturated heterocycles. The maximum atomic E-state index is 12.1. The van der Waals surface area contributed by atoms with Crippen LogP contribution < -0.4 is 16.4 Å². The second-order valence-electron chi connectivity index (χ2n) is 4.54. The number of rotatable bonds is 3. The Morgan fingerprint density at radius 3 is 3.00 bits per heavy atom. The number of hydrogen-bond acceptors (Lipinski definition) is 3. The number of amides is 2. The summed E-state index contributed by atoms with van der Waals surface area (Å²) in [6.07, 6.45) is 0.181. The van der Waals surface area contributed by atoms with Crippen molar-refractivity contribution in [2.75, 3.05) is 11.9 Å². The molecule has 2 atom stereocenters. The molecule has 1 heterocycles. The first-order valence-corrected chi connectivity index (χ1v) is 6.01. The van der Waals surface area contributed by atoms with Crippen LogP contribution in [-0.2, 0) is 9.59 Å². The number of carbonyl (C=O) groups is 2. The van der Waals surface area contributed by atoms with E-state index in [0.29, 0.717) is 12.2 Å². The molecule has 5 heteroatoms. The Hall–Kier alpha value is -1.88. The number of carbonyl (C=O) groups excluding carboxylic acids is 2. The van der Waals surface area contributed by atoms with Crippen molar-refractivity contribution < 1.29 is 9.59 Å². The van der Waals surface area contributed by atoms with Gasteiger partial charge < -0.3 is 16.4 Å². The molecular weight excluding hydrogens is 230 g/mol. The molecule has 0 radical (unpaired) electrons. The molecule has 1 aromatic rings. The van der Waals surface area contributed by atoms with E-state index in [4.69, 9.17) is 5.73 Å². The highest BCUT2D eigenvalue weighted by atomic mass is 16.2. The van der Waals surface area contributed by atoms with E-state index in [1.54, 1.807) is 6.07 Å². The average molecular weight is 247 g/mol. The number of nitrogens with one attached hydrogen (secondary N) is 2. The first-order chi connectivity index (χ1) is 8.61. The maximum Gasteiger partial charge on any atom is 0.228 e. The summed E-state index contributed by atoms with van der Waals surface area (Å²) in [6, 6.07) is 7.28. The lowest BCUT2D eigenvalue weighted by molar-refractivity contribution is -0.126. The third kappa shape index (κ3) is 2.51. The summed E-state index contributed by atoms with van der Waals surface area (Å²) in [5.74, 6) is -0.701. The second-order valence-corrected chi connectivity index (χ2v) is 4.54. The molecule has 0 spiro atoms. The van der Waals surface area contributed by atoms with E-state index < -0.39 is 5.92 Å². The Kier molecular flexibility index (Phi) is 3.62. The molecule has 0 bridgehead atoms. The van der Waals surface area contributed by atoms with Crippen LogP contribution >= 0.6 is 0 Å². The molecule has 0 fully saturated rings. The second kappa shape index (κ2) is 5.18. The van der Waals surface area contributed by atoms with Crippen molar-refractivity contribution in [1.29, 1.82) is 0 Å². The third-order valence-corrected chi connectivity index (χ3v) is 3.06. The van der Waals surface area contributed by atoms with Gasteiger partial charge in [0.1, 0.15) is 0 Å². The fourth-order valence-corrected chi connectivity index (χ4v) is 2.05. The van der Waals surface area contributed by atoms with Gasteiger partial charge in [-0.25, -0.2) is 0 Å². The number of hydrogen-bond donors (Lipinski definition) is 3. The Labute approximate surface area is 106 Å². The molecule has 1 aliphatic heterocycles. The lowest BCUT2D eigenvalue weighted by Gasteiger charge is -2.25. The van der Waals surface area contributed by atoms with E-state index in [1.807, 2.05) is 25.1 Å². The van der Waals surface area contributed by atoms with E-state index in [0.717, 1.165) is 5.56 Å². The molecule has 1 unspecified atom stereocenters. The highest BCUT2D eigenvalue weighted by molar-refractivity contribution is 6.01. The zero-order valence-corrected chi connectivity index (χ0v) is 10.3. The van der Waals surface area contributed by atoms with Gasteiger partial charge in [-0.15, -0.1) is 0 Å².